The lowest BCUT2D eigenvalue weighted by molar-refractivity contribution is 0.101. The average Bonchev–Trinajstić information content (AvgIpc) is 2.87. The molecule has 1 aromatic carbocycles. The Hall–Kier alpha value is -2.37. The third-order valence-electron chi connectivity index (χ3n) is 4.62. The number of aliphatic hydroxyl groups is 1. The first kappa shape index (κ1) is 20.4. The Labute approximate surface area is 159 Å². The summed E-state index contributed by atoms with van der Waals surface area (Å²) in [6.07, 6.45) is 1.10. The van der Waals surface area contributed by atoms with Crippen molar-refractivity contribution in [1.82, 2.24) is 9.29 Å². The molecule has 2 unspecified atom stereocenters. The second-order valence-electron chi connectivity index (χ2n) is 6.70. The van der Waals surface area contributed by atoms with E-state index in [1.165, 1.54) is 24.7 Å². The molecule has 28 heavy (non-hydrogen) atoms. The van der Waals surface area contributed by atoms with E-state index < -0.39 is 45.4 Å². The Morgan fingerprint density at radius 2 is 2.00 bits per heavy atom. The zero-order valence-corrected chi connectivity index (χ0v) is 15.9. The molecular weight excluding hydrogens is 397 g/mol. The zero-order valence-electron chi connectivity index (χ0n) is 15.1. The second kappa shape index (κ2) is 7.22. The number of nitrogens with one attached hydrogen (secondary N) is 3. The predicted octanol–water partition coefficient (Wildman–Crippen LogP) is 2.30. The fraction of sp³-hybridized carbons (Fsp3) is 0.353. The maximum atomic E-state index is 13.4. The van der Waals surface area contributed by atoms with Crippen LogP contribution in [0.25, 0.3) is 0 Å². The summed E-state index contributed by atoms with van der Waals surface area (Å²) in [7, 11) is -1.97. The highest BCUT2D eigenvalue weighted by atomic mass is 32.2. The normalized spacial score (nSPS) is 23.0. The van der Waals surface area contributed by atoms with Crippen molar-refractivity contribution in [2.24, 2.45) is 7.05 Å². The third-order valence-corrected chi connectivity index (χ3v) is 6.22. The van der Waals surface area contributed by atoms with Gasteiger partial charge in [-0.2, -0.15) is 0 Å². The van der Waals surface area contributed by atoms with E-state index in [-0.39, 0.29) is 22.7 Å². The van der Waals surface area contributed by atoms with E-state index in [0.29, 0.717) is 24.1 Å². The number of anilines is 1. The third kappa shape index (κ3) is 3.64. The summed E-state index contributed by atoms with van der Waals surface area (Å²) in [6.45, 7) is 1.51. The van der Waals surface area contributed by atoms with E-state index in [1.54, 1.807) is 0 Å². The molecule has 7 nitrogen and oxygen atoms in total. The van der Waals surface area contributed by atoms with Gasteiger partial charge in [-0.25, -0.2) is 26.9 Å². The highest BCUT2D eigenvalue weighted by Crippen LogP contribution is 2.29. The van der Waals surface area contributed by atoms with Crippen molar-refractivity contribution in [3.8, 4) is 0 Å². The summed E-state index contributed by atoms with van der Waals surface area (Å²) in [5, 5.41) is 12.1. The Morgan fingerprint density at radius 1 is 1.39 bits per heavy atom. The molecule has 0 radical (unpaired) electrons. The number of carbonyl (C=O) groups is 1. The first-order valence-electron chi connectivity index (χ1n) is 8.39. The molecule has 3 rings (SSSR count). The van der Waals surface area contributed by atoms with E-state index >= 15 is 0 Å². The van der Waals surface area contributed by atoms with Gasteiger partial charge in [0.05, 0.1) is 11.0 Å². The van der Waals surface area contributed by atoms with Gasteiger partial charge in [-0.05, 0) is 19.8 Å². The molecule has 1 aliphatic heterocycles. The number of benzene rings is 1. The van der Waals surface area contributed by atoms with Crippen molar-refractivity contribution in [1.29, 1.82) is 4.78 Å². The Balaban J connectivity index is 1.99. The van der Waals surface area contributed by atoms with Crippen LogP contribution in [0.5, 0.6) is 0 Å². The molecule has 0 saturated carbocycles. The second-order valence-corrected chi connectivity index (χ2v) is 8.49. The van der Waals surface area contributed by atoms with Gasteiger partial charge in [0.2, 0.25) is 0 Å². The maximum Gasteiger partial charge on any atom is 0.272 e. The van der Waals surface area contributed by atoms with Gasteiger partial charge in [0.15, 0.2) is 17.5 Å². The molecule has 3 atom stereocenters. The summed E-state index contributed by atoms with van der Waals surface area (Å²) in [5.74, 6) is -5.28. The fourth-order valence-electron chi connectivity index (χ4n) is 3.23. The molecule has 1 amide bonds. The van der Waals surface area contributed by atoms with E-state index in [0.717, 1.165) is 0 Å². The summed E-state index contributed by atoms with van der Waals surface area (Å²) < 4.78 is 64.8. The van der Waals surface area contributed by atoms with Crippen LogP contribution in [0.3, 0.4) is 0 Å². The molecule has 152 valence electrons. The molecule has 0 saturated heterocycles. The topological polar surface area (TPSA) is 107 Å². The fourth-order valence-corrected chi connectivity index (χ4v) is 4.95. The van der Waals surface area contributed by atoms with Gasteiger partial charge in [-0.1, -0.05) is 0 Å². The van der Waals surface area contributed by atoms with Crippen molar-refractivity contribution in [2.75, 3.05) is 5.32 Å². The number of aliphatic hydroxyl groups excluding tert-OH is 1. The zero-order chi connectivity index (χ0) is 20.8. The standard InChI is InChI=1S/C17H19F3N4O3S/c1-8(25)13-4-3-10-14(28(21,27)23-13)7-24(2)16(10)17(26)22-9-5-11(18)15(20)12(19)6-9/h5-8,13,25H,3-4H2,1-2H3,(H,22,26)(H2,21,23,27)/t8?,13-,28?/m1/s1. The number of amides is 1. The van der Waals surface area contributed by atoms with Crippen LogP contribution in [0.15, 0.2) is 23.2 Å². The van der Waals surface area contributed by atoms with Gasteiger partial charge in [-0.3, -0.25) is 4.79 Å². The molecule has 11 heteroatoms. The van der Waals surface area contributed by atoms with Crippen LogP contribution >= 0.6 is 0 Å². The Kier molecular flexibility index (Phi) is 5.26. The molecule has 2 heterocycles. The largest absolute Gasteiger partial charge is 0.392 e. The minimum atomic E-state index is -3.48. The summed E-state index contributed by atoms with van der Waals surface area (Å²) in [5.41, 5.74) is 0.128. The van der Waals surface area contributed by atoms with Crippen LogP contribution in [0.4, 0.5) is 18.9 Å². The predicted molar refractivity (Wildman–Crippen MR) is 95.7 cm³/mol. The summed E-state index contributed by atoms with van der Waals surface area (Å²) in [4.78, 5) is 12.8. The van der Waals surface area contributed by atoms with Crippen molar-refractivity contribution in [2.45, 2.75) is 36.8 Å². The number of halogens is 3. The molecule has 1 aliphatic rings. The van der Waals surface area contributed by atoms with Gasteiger partial charge in [0.25, 0.3) is 5.91 Å². The Bertz CT molecular complexity index is 1030. The monoisotopic (exact) mass is 416 g/mol. The van der Waals surface area contributed by atoms with Crippen LogP contribution in [-0.4, -0.2) is 31.9 Å². The van der Waals surface area contributed by atoms with E-state index in [2.05, 4.69) is 10.0 Å². The maximum absolute atomic E-state index is 13.4. The van der Waals surface area contributed by atoms with Gasteiger partial charge < -0.3 is 15.0 Å². The van der Waals surface area contributed by atoms with Crippen molar-refractivity contribution < 1.29 is 27.3 Å². The van der Waals surface area contributed by atoms with Gasteiger partial charge >= 0.3 is 0 Å². The van der Waals surface area contributed by atoms with Crippen LogP contribution in [0, 0.1) is 22.2 Å². The SMILES string of the molecule is CC(O)[C@H]1CCc2c(cn(C)c2C(=O)Nc2cc(F)c(F)c(F)c2)S(=N)(=O)N1. The number of rotatable bonds is 3. The summed E-state index contributed by atoms with van der Waals surface area (Å²) in [6, 6.07) is 0.701. The van der Waals surface area contributed by atoms with Crippen LogP contribution in [0.1, 0.15) is 29.4 Å². The minimum Gasteiger partial charge on any atom is -0.392 e. The minimum absolute atomic E-state index is 0.0631. The molecule has 0 bridgehead atoms. The first-order valence-corrected chi connectivity index (χ1v) is 9.95. The van der Waals surface area contributed by atoms with E-state index in [9.17, 15) is 27.3 Å². The van der Waals surface area contributed by atoms with E-state index in [4.69, 9.17) is 4.78 Å². The lowest BCUT2D eigenvalue weighted by Gasteiger charge is -2.19. The van der Waals surface area contributed by atoms with Gasteiger partial charge in [-0.15, -0.1) is 0 Å². The quantitative estimate of drug-likeness (QED) is 0.577. The molecule has 4 N–H and O–H groups in total. The number of fused-ring (bicyclic) bond motifs is 1. The lowest BCUT2D eigenvalue weighted by atomic mass is 10.0. The highest BCUT2D eigenvalue weighted by molar-refractivity contribution is 7.90. The van der Waals surface area contributed by atoms with Crippen molar-refractivity contribution in [3.63, 3.8) is 0 Å². The number of hydrogen-bond donors (Lipinski definition) is 4. The van der Waals surface area contributed by atoms with Crippen LogP contribution in [0.2, 0.25) is 0 Å². The summed E-state index contributed by atoms with van der Waals surface area (Å²) >= 11 is 0. The molecular formula is C17H19F3N4O3S. The number of aromatic nitrogens is 1. The highest BCUT2D eigenvalue weighted by Gasteiger charge is 2.32. The number of aryl methyl sites for hydroxylation is 1. The van der Waals surface area contributed by atoms with Gasteiger partial charge in [0, 0.05) is 42.7 Å². The number of nitrogens with zero attached hydrogens (tertiary/aromatic N) is 1. The lowest BCUT2D eigenvalue weighted by Crippen LogP contribution is -2.40. The van der Waals surface area contributed by atoms with Crippen molar-refractivity contribution in [3.05, 3.63) is 47.0 Å². The van der Waals surface area contributed by atoms with Crippen LogP contribution in [-0.2, 0) is 23.4 Å². The van der Waals surface area contributed by atoms with Gasteiger partial charge in [0.1, 0.15) is 15.6 Å². The number of hydrogen-bond acceptors (Lipinski definition) is 4. The molecule has 0 aliphatic carbocycles. The Morgan fingerprint density at radius 3 is 2.57 bits per heavy atom. The molecule has 0 fully saturated rings. The average molecular weight is 416 g/mol. The van der Waals surface area contributed by atoms with Crippen molar-refractivity contribution >= 4 is 21.5 Å². The van der Waals surface area contributed by atoms with Crippen LogP contribution < -0.4 is 10.0 Å². The smallest absolute Gasteiger partial charge is 0.272 e. The molecule has 0 spiro atoms. The van der Waals surface area contributed by atoms with E-state index in [1.807, 2.05) is 0 Å². The first-order chi connectivity index (χ1) is 13.0. The number of carbonyl (C=O) groups excluding carboxylic acids is 1. The molecule has 2 aromatic rings. The molecule has 1 aromatic heterocycles.